The first-order chi connectivity index (χ1) is 7.11. The van der Waals surface area contributed by atoms with Crippen LogP contribution in [0.5, 0.6) is 0 Å². The van der Waals surface area contributed by atoms with Crippen LogP contribution in [0.15, 0.2) is 12.3 Å². The van der Waals surface area contributed by atoms with E-state index in [2.05, 4.69) is 0 Å². The minimum absolute atomic E-state index is 0.481. The van der Waals surface area contributed by atoms with Gasteiger partial charge in [-0.3, -0.25) is 0 Å². The molecule has 1 rings (SSSR count). The number of rotatable bonds is 3. The standard InChI is InChI=1S/C9H16O6/c1-2-3-14-8-7(12)6(11)5(4-10)15-9(8)13/h2-3,5-13H,4H2,1H3/b3-2+. The Hall–Kier alpha value is -0.660. The lowest BCUT2D eigenvalue weighted by atomic mass is 9.99. The molecule has 4 N–H and O–H groups in total. The highest BCUT2D eigenvalue weighted by molar-refractivity contribution is 4.90. The highest BCUT2D eigenvalue weighted by atomic mass is 16.7. The van der Waals surface area contributed by atoms with Crippen LogP contribution in [-0.4, -0.2) is 57.7 Å². The molecule has 0 aromatic heterocycles. The molecule has 1 heterocycles. The van der Waals surface area contributed by atoms with Crippen molar-refractivity contribution in [1.29, 1.82) is 0 Å². The average Bonchev–Trinajstić information content (AvgIpc) is 2.23. The summed E-state index contributed by atoms with van der Waals surface area (Å²) < 4.78 is 9.84. The molecule has 5 unspecified atom stereocenters. The van der Waals surface area contributed by atoms with E-state index in [0.29, 0.717) is 0 Å². The van der Waals surface area contributed by atoms with Crippen molar-refractivity contribution in [1.82, 2.24) is 0 Å². The van der Waals surface area contributed by atoms with Gasteiger partial charge in [0.05, 0.1) is 12.9 Å². The van der Waals surface area contributed by atoms with Gasteiger partial charge in [-0.2, -0.15) is 0 Å². The summed E-state index contributed by atoms with van der Waals surface area (Å²) in [6, 6.07) is 0. The van der Waals surface area contributed by atoms with Gasteiger partial charge in [-0.1, -0.05) is 6.08 Å². The molecule has 5 atom stereocenters. The smallest absolute Gasteiger partial charge is 0.195 e. The predicted octanol–water partition coefficient (Wildman–Crippen LogP) is -1.66. The zero-order valence-electron chi connectivity index (χ0n) is 8.35. The van der Waals surface area contributed by atoms with Crippen molar-refractivity contribution in [3.05, 3.63) is 12.3 Å². The largest absolute Gasteiger partial charge is 0.490 e. The monoisotopic (exact) mass is 220 g/mol. The SMILES string of the molecule is C/C=C/OC1C(O)OC(CO)C(O)C1O. The summed E-state index contributed by atoms with van der Waals surface area (Å²) in [5.74, 6) is 0. The molecule has 0 aromatic rings. The van der Waals surface area contributed by atoms with Crippen LogP contribution in [0, 0.1) is 0 Å². The topological polar surface area (TPSA) is 99.4 Å². The summed E-state index contributed by atoms with van der Waals surface area (Å²) >= 11 is 0. The normalized spacial score (nSPS) is 42.1. The molecule has 15 heavy (non-hydrogen) atoms. The van der Waals surface area contributed by atoms with Gasteiger partial charge in [-0.05, 0) is 6.92 Å². The fraction of sp³-hybridized carbons (Fsp3) is 0.778. The third-order valence-electron chi connectivity index (χ3n) is 2.21. The average molecular weight is 220 g/mol. The van der Waals surface area contributed by atoms with Gasteiger partial charge in [-0.15, -0.1) is 0 Å². The maximum Gasteiger partial charge on any atom is 0.195 e. The zero-order chi connectivity index (χ0) is 11.4. The lowest BCUT2D eigenvalue weighted by molar-refractivity contribution is -0.287. The predicted molar refractivity (Wildman–Crippen MR) is 49.7 cm³/mol. The van der Waals surface area contributed by atoms with E-state index in [-0.39, 0.29) is 0 Å². The van der Waals surface area contributed by atoms with E-state index in [1.807, 2.05) is 0 Å². The van der Waals surface area contributed by atoms with Crippen LogP contribution in [0.1, 0.15) is 6.92 Å². The second-order valence-corrected chi connectivity index (χ2v) is 3.30. The number of aliphatic hydroxyl groups is 4. The summed E-state index contributed by atoms with van der Waals surface area (Å²) in [5, 5.41) is 37.3. The molecule has 1 aliphatic rings. The Balaban J connectivity index is 2.65. The molecule has 0 spiro atoms. The van der Waals surface area contributed by atoms with E-state index in [0.717, 1.165) is 0 Å². The fourth-order valence-corrected chi connectivity index (χ4v) is 1.39. The van der Waals surface area contributed by atoms with Crippen molar-refractivity contribution < 1.29 is 29.9 Å². The minimum Gasteiger partial charge on any atom is -0.490 e. The molecular weight excluding hydrogens is 204 g/mol. The number of allylic oxidation sites excluding steroid dienone is 1. The summed E-state index contributed by atoms with van der Waals surface area (Å²) in [5.41, 5.74) is 0. The summed E-state index contributed by atoms with van der Waals surface area (Å²) in [7, 11) is 0. The van der Waals surface area contributed by atoms with Crippen LogP contribution in [0.2, 0.25) is 0 Å². The molecule has 0 aromatic carbocycles. The second kappa shape index (κ2) is 5.43. The van der Waals surface area contributed by atoms with Crippen molar-refractivity contribution >= 4 is 0 Å². The Bertz CT molecular complexity index is 219. The van der Waals surface area contributed by atoms with E-state index in [9.17, 15) is 15.3 Å². The molecular formula is C9H16O6. The number of hydrogen-bond donors (Lipinski definition) is 4. The third kappa shape index (κ3) is 2.67. The van der Waals surface area contributed by atoms with Crippen molar-refractivity contribution in [2.45, 2.75) is 37.6 Å². The third-order valence-corrected chi connectivity index (χ3v) is 2.21. The van der Waals surface area contributed by atoms with Crippen LogP contribution >= 0.6 is 0 Å². The Morgan fingerprint density at radius 2 is 1.93 bits per heavy atom. The number of hydrogen-bond acceptors (Lipinski definition) is 6. The second-order valence-electron chi connectivity index (χ2n) is 3.30. The van der Waals surface area contributed by atoms with Crippen LogP contribution < -0.4 is 0 Å². The Labute approximate surface area is 87.4 Å². The first kappa shape index (κ1) is 12.4. The molecule has 0 radical (unpaired) electrons. The first-order valence-corrected chi connectivity index (χ1v) is 4.69. The zero-order valence-corrected chi connectivity index (χ0v) is 8.35. The quantitative estimate of drug-likeness (QED) is 0.425. The van der Waals surface area contributed by atoms with Crippen LogP contribution in [-0.2, 0) is 9.47 Å². The van der Waals surface area contributed by atoms with Gasteiger partial charge in [0.2, 0.25) is 0 Å². The summed E-state index contributed by atoms with van der Waals surface area (Å²) in [6.07, 6.45) is -3.16. The number of aliphatic hydroxyl groups excluding tert-OH is 4. The van der Waals surface area contributed by atoms with Gasteiger partial charge in [0, 0.05) is 0 Å². The van der Waals surface area contributed by atoms with E-state index in [1.54, 1.807) is 13.0 Å². The van der Waals surface area contributed by atoms with E-state index in [1.165, 1.54) is 6.26 Å². The van der Waals surface area contributed by atoms with E-state index >= 15 is 0 Å². The molecule has 0 saturated carbocycles. The number of ether oxygens (including phenoxy) is 2. The van der Waals surface area contributed by atoms with Crippen LogP contribution in [0.4, 0.5) is 0 Å². The van der Waals surface area contributed by atoms with Crippen molar-refractivity contribution in [3.63, 3.8) is 0 Å². The highest BCUT2D eigenvalue weighted by Gasteiger charge is 2.44. The van der Waals surface area contributed by atoms with Crippen LogP contribution in [0.25, 0.3) is 0 Å². The molecule has 88 valence electrons. The molecule has 0 amide bonds. The van der Waals surface area contributed by atoms with Gasteiger partial charge in [0.1, 0.15) is 18.3 Å². The van der Waals surface area contributed by atoms with Gasteiger partial charge >= 0.3 is 0 Å². The maximum absolute atomic E-state index is 9.58. The molecule has 6 nitrogen and oxygen atoms in total. The van der Waals surface area contributed by atoms with Crippen molar-refractivity contribution in [3.8, 4) is 0 Å². The molecule has 0 bridgehead atoms. The lowest BCUT2D eigenvalue weighted by Crippen LogP contribution is -2.58. The summed E-state index contributed by atoms with van der Waals surface area (Å²) in [4.78, 5) is 0. The minimum atomic E-state index is -1.38. The summed E-state index contributed by atoms with van der Waals surface area (Å²) in [6.45, 7) is 1.22. The van der Waals surface area contributed by atoms with Crippen molar-refractivity contribution in [2.24, 2.45) is 0 Å². The molecule has 1 fully saturated rings. The fourth-order valence-electron chi connectivity index (χ4n) is 1.39. The van der Waals surface area contributed by atoms with Crippen LogP contribution in [0.3, 0.4) is 0 Å². The van der Waals surface area contributed by atoms with E-state index in [4.69, 9.17) is 14.6 Å². The van der Waals surface area contributed by atoms with Gasteiger partial charge in [0.15, 0.2) is 12.4 Å². The van der Waals surface area contributed by atoms with Gasteiger partial charge < -0.3 is 29.9 Å². The van der Waals surface area contributed by atoms with E-state index < -0.39 is 37.3 Å². The van der Waals surface area contributed by atoms with Gasteiger partial charge in [-0.25, -0.2) is 0 Å². The highest BCUT2D eigenvalue weighted by Crippen LogP contribution is 2.22. The van der Waals surface area contributed by atoms with Crippen molar-refractivity contribution in [2.75, 3.05) is 6.61 Å². The van der Waals surface area contributed by atoms with Gasteiger partial charge in [0.25, 0.3) is 0 Å². The molecule has 1 aliphatic heterocycles. The Kier molecular flexibility index (Phi) is 4.49. The Morgan fingerprint density at radius 1 is 1.27 bits per heavy atom. The maximum atomic E-state index is 9.58. The molecule has 1 saturated heterocycles. The molecule has 0 aliphatic carbocycles. The molecule has 6 heteroatoms. The Morgan fingerprint density at radius 3 is 2.47 bits per heavy atom. The lowest BCUT2D eigenvalue weighted by Gasteiger charge is -2.39. The first-order valence-electron chi connectivity index (χ1n) is 4.69.